The Kier molecular flexibility index (Phi) is 8.33. The average Bonchev–Trinajstić information content (AvgIpc) is 3.86. The molecule has 61 heavy (non-hydrogen) atoms. The van der Waals surface area contributed by atoms with Gasteiger partial charge in [-0.25, -0.2) is 0 Å². The zero-order chi connectivity index (χ0) is 40.3. The highest BCUT2D eigenvalue weighted by molar-refractivity contribution is 7.26. The fourth-order valence-electron chi connectivity index (χ4n) is 10.0. The van der Waals surface area contributed by atoms with Crippen molar-refractivity contribution in [3.8, 4) is 33.4 Å². The Hall–Kier alpha value is -7.52. The standard InChI is InChI=1S/C59H39NS/c1-5-17-40(18-6-1)41-29-32-46(33-30-41)60(45-23-11-4-12-24-45)47-34-36-57-53(38-47)54-39-52(48-25-13-14-27-51(48)58(54)61-57)42-31-35-50-49-26-15-16-28-55(49)59(56(50)37-42,43-19-7-2-8-20-43)44-21-9-3-10-22-44/h1-39H. The Labute approximate surface area is 360 Å². The van der Waals surface area contributed by atoms with Crippen LogP contribution in [0.3, 0.4) is 0 Å². The van der Waals surface area contributed by atoms with E-state index in [9.17, 15) is 0 Å². The number of rotatable bonds is 7. The van der Waals surface area contributed by atoms with E-state index in [1.165, 1.54) is 86.6 Å². The first kappa shape index (κ1) is 35.4. The molecule has 0 N–H and O–H groups in total. The lowest BCUT2D eigenvalue weighted by Crippen LogP contribution is -2.28. The van der Waals surface area contributed by atoms with Crippen LogP contribution in [0.5, 0.6) is 0 Å². The number of hydrogen-bond acceptors (Lipinski definition) is 2. The van der Waals surface area contributed by atoms with Crippen LogP contribution < -0.4 is 4.90 Å². The molecule has 1 heterocycles. The third-order valence-electron chi connectivity index (χ3n) is 12.7. The number of para-hydroxylation sites is 1. The lowest BCUT2D eigenvalue weighted by atomic mass is 9.67. The predicted octanol–water partition coefficient (Wildman–Crippen LogP) is 16.4. The summed E-state index contributed by atoms with van der Waals surface area (Å²) in [4.78, 5) is 2.38. The van der Waals surface area contributed by atoms with Crippen molar-refractivity contribution in [2.45, 2.75) is 5.41 Å². The summed E-state index contributed by atoms with van der Waals surface area (Å²) in [5.74, 6) is 0. The summed E-state index contributed by atoms with van der Waals surface area (Å²) in [6, 6.07) is 87.2. The van der Waals surface area contributed by atoms with Gasteiger partial charge in [-0.2, -0.15) is 0 Å². The SMILES string of the molecule is c1ccc(-c2ccc(N(c3ccccc3)c3ccc4sc5c6ccccc6c(-c6ccc7c(c6)C(c6ccccc6)(c6ccccc6)c6ccccc6-7)cc5c4c3)cc2)cc1. The van der Waals surface area contributed by atoms with E-state index in [1.54, 1.807) is 0 Å². The van der Waals surface area contributed by atoms with E-state index in [0.29, 0.717) is 0 Å². The lowest BCUT2D eigenvalue weighted by molar-refractivity contribution is 0.769. The van der Waals surface area contributed by atoms with Gasteiger partial charge < -0.3 is 4.90 Å². The van der Waals surface area contributed by atoms with Crippen LogP contribution in [0.15, 0.2) is 237 Å². The van der Waals surface area contributed by atoms with Crippen LogP contribution in [-0.2, 0) is 5.41 Å². The van der Waals surface area contributed by atoms with Crippen LogP contribution in [0.4, 0.5) is 17.1 Å². The topological polar surface area (TPSA) is 3.24 Å². The van der Waals surface area contributed by atoms with Gasteiger partial charge in [-0.05, 0) is 116 Å². The van der Waals surface area contributed by atoms with Crippen molar-refractivity contribution in [3.63, 3.8) is 0 Å². The van der Waals surface area contributed by atoms with Crippen molar-refractivity contribution in [1.29, 1.82) is 0 Å². The first-order chi connectivity index (χ1) is 30.3. The van der Waals surface area contributed by atoms with Crippen molar-refractivity contribution < 1.29 is 0 Å². The van der Waals surface area contributed by atoms with Gasteiger partial charge in [-0.15, -0.1) is 11.3 Å². The minimum atomic E-state index is -0.464. The average molecular weight is 794 g/mol. The van der Waals surface area contributed by atoms with Gasteiger partial charge in [-0.1, -0.05) is 182 Å². The molecule has 0 fully saturated rings. The molecule has 286 valence electrons. The summed E-state index contributed by atoms with van der Waals surface area (Å²) in [7, 11) is 0. The molecule has 0 atom stereocenters. The molecular weight excluding hydrogens is 755 g/mol. The van der Waals surface area contributed by atoms with Crippen molar-refractivity contribution in [2.75, 3.05) is 4.90 Å². The molecule has 0 bridgehead atoms. The van der Waals surface area contributed by atoms with Gasteiger partial charge in [0.05, 0.1) is 5.41 Å². The van der Waals surface area contributed by atoms with Gasteiger partial charge >= 0.3 is 0 Å². The summed E-state index contributed by atoms with van der Waals surface area (Å²) in [6.07, 6.45) is 0. The third kappa shape index (κ3) is 5.60. The molecular formula is C59H39NS. The van der Waals surface area contributed by atoms with Crippen molar-refractivity contribution >= 4 is 59.3 Å². The van der Waals surface area contributed by atoms with Gasteiger partial charge in [0, 0.05) is 42.6 Å². The van der Waals surface area contributed by atoms with Crippen LogP contribution >= 0.6 is 11.3 Å². The molecule has 11 aromatic rings. The Balaban J connectivity index is 1.06. The predicted molar refractivity (Wildman–Crippen MR) is 260 cm³/mol. The van der Waals surface area contributed by atoms with E-state index in [4.69, 9.17) is 0 Å². The Bertz CT molecular complexity index is 3350. The number of nitrogens with zero attached hydrogens (tertiary/aromatic N) is 1. The van der Waals surface area contributed by atoms with Crippen LogP contribution in [-0.4, -0.2) is 0 Å². The van der Waals surface area contributed by atoms with E-state index in [-0.39, 0.29) is 0 Å². The molecule has 0 aliphatic heterocycles. The maximum atomic E-state index is 2.50. The van der Waals surface area contributed by atoms with Crippen molar-refractivity contribution in [1.82, 2.24) is 0 Å². The molecule has 0 spiro atoms. The summed E-state index contributed by atoms with van der Waals surface area (Å²) in [5, 5.41) is 5.11. The third-order valence-corrected chi connectivity index (χ3v) is 14.0. The monoisotopic (exact) mass is 793 g/mol. The molecule has 0 unspecified atom stereocenters. The summed E-state index contributed by atoms with van der Waals surface area (Å²) in [5.41, 5.74) is 15.6. The molecule has 12 rings (SSSR count). The zero-order valence-corrected chi connectivity index (χ0v) is 34.2. The highest BCUT2D eigenvalue weighted by Gasteiger charge is 2.46. The maximum Gasteiger partial charge on any atom is 0.0713 e. The Morgan fingerprint density at radius 3 is 1.57 bits per heavy atom. The smallest absolute Gasteiger partial charge is 0.0713 e. The molecule has 1 aliphatic rings. The van der Waals surface area contributed by atoms with Gasteiger partial charge in [0.2, 0.25) is 0 Å². The Morgan fingerprint density at radius 1 is 0.311 bits per heavy atom. The fraction of sp³-hybridized carbons (Fsp3) is 0.0169. The lowest BCUT2D eigenvalue weighted by Gasteiger charge is -2.34. The van der Waals surface area contributed by atoms with Gasteiger partial charge in [-0.3, -0.25) is 0 Å². The largest absolute Gasteiger partial charge is 0.310 e. The first-order valence-electron chi connectivity index (χ1n) is 21.0. The first-order valence-corrected chi connectivity index (χ1v) is 21.8. The van der Waals surface area contributed by atoms with Crippen LogP contribution in [0.1, 0.15) is 22.3 Å². The van der Waals surface area contributed by atoms with E-state index in [0.717, 1.165) is 17.1 Å². The van der Waals surface area contributed by atoms with Crippen molar-refractivity contribution in [3.05, 3.63) is 259 Å². The second-order valence-corrected chi connectivity index (χ2v) is 17.1. The van der Waals surface area contributed by atoms with Gasteiger partial charge in [0.25, 0.3) is 0 Å². The van der Waals surface area contributed by atoms with E-state index < -0.39 is 5.41 Å². The maximum absolute atomic E-state index is 2.50. The van der Waals surface area contributed by atoms with E-state index in [2.05, 4.69) is 241 Å². The molecule has 0 saturated heterocycles. The highest BCUT2D eigenvalue weighted by Crippen LogP contribution is 2.57. The highest BCUT2D eigenvalue weighted by atomic mass is 32.1. The molecule has 1 nitrogen and oxygen atoms in total. The number of benzene rings is 10. The molecule has 2 heteroatoms. The number of anilines is 3. The normalized spacial score (nSPS) is 12.7. The Morgan fingerprint density at radius 2 is 0.852 bits per heavy atom. The molecule has 1 aromatic heterocycles. The van der Waals surface area contributed by atoms with Crippen LogP contribution in [0.25, 0.3) is 64.3 Å². The second-order valence-electron chi connectivity index (χ2n) is 16.0. The summed E-state index contributed by atoms with van der Waals surface area (Å²) < 4.78 is 2.60. The van der Waals surface area contributed by atoms with Crippen LogP contribution in [0, 0.1) is 0 Å². The molecule has 1 aliphatic carbocycles. The van der Waals surface area contributed by atoms with Gasteiger partial charge in [0.1, 0.15) is 0 Å². The minimum absolute atomic E-state index is 0.464. The molecule has 0 radical (unpaired) electrons. The number of hydrogen-bond donors (Lipinski definition) is 0. The molecule has 0 amide bonds. The summed E-state index contributed by atoms with van der Waals surface area (Å²) >= 11 is 1.89. The summed E-state index contributed by atoms with van der Waals surface area (Å²) in [6.45, 7) is 0. The number of fused-ring (bicyclic) bond motifs is 8. The van der Waals surface area contributed by atoms with E-state index >= 15 is 0 Å². The fourth-order valence-corrected chi connectivity index (χ4v) is 11.2. The molecule has 10 aromatic carbocycles. The minimum Gasteiger partial charge on any atom is -0.310 e. The number of thiophene rings is 1. The zero-order valence-electron chi connectivity index (χ0n) is 33.4. The second kappa shape index (κ2) is 14.3. The van der Waals surface area contributed by atoms with Gasteiger partial charge in [0.15, 0.2) is 0 Å². The quantitative estimate of drug-likeness (QED) is 0.155. The molecule has 0 saturated carbocycles. The van der Waals surface area contributed by atoms with Crippen LogP contribution in [0.2, 0.25) is 0 Å². The van der Waals surface area contributed by atoms with E-state index in [1.807, 2.05) is 11.3 Å². The van der Waals surface area contributed by atoms with Crippen molar-refractivity contribution in [2.24, 2.45) is 0 Å².